The predicted molar refractivity (Wildman–Crippen MR) is 115 cm³/mol. The van der Waals surface area contributed by atoms with E-state index in [1.807, 2.05) is 6.92 Å². The zero-order chi connectivity index (χ0) is 23.5. The number of hydrogen-bond acceptors (Lipinski definition) is 3. The van der Waals surface area contributed by atoms with Crippen LogP contribution in [0.3, 0.4) is 0 Å². The third kappa shape index (κ3) is 2.98. The Labute approximate surface area is 188 Å². The minimum atomic E-state index is -4.74. The lowest BCUT2D eigenvalue weighted by atomic mass is 9.72. The summed E-state index contributed by atoms with van der Waals surface area (Å²) in [4.78, 5) is 26.8. The van der Waals surface area contributed by atoms with Crippen LogP contribution in [0.2, 0.25) is 0 Å². The SMILES string of the molecule is COc1ccc2c(c1)[C@@H](C(F)(F)F)[C@H](C(=O)c1ccc(C)cc1)[C@]21NC(=O)c2ccccc21. The van der Waals surface area contributed by atoms with E-state index in [1.54, 1.807) is 42.5 Å². The standard InChI is InChI=1S/C26H20F3NO3/c1-14-7-9-15(10-8-14)23(31)22-21(26(27,28)29)18-13-16(33-2)11-12-20(18)25(22)19-6-4-3-5-17(19)24(32)30-25/h3-13,21-22H,1-2H3,(H,30,32)/t21-,22-,25-/m1/s1. The summed E-state index contributed by atoms with van der Waals surface area (Å²) in [7, 11) is 1.37. The maximum absolute atomic E-state index is 14.7. The van der Waals surface area contributed by atoms with Crippen molar-refractivity contribution < 1.29 is 27.5 Å². The number of halogens is 3. The van der Waals surface area contributed by atoms with Gasteiger partial charge in [-0.2, -0.15) is 13.2 Å². The molecule has 1 N–H and O–H groups in total. The summed E-state index contributed by atoms with van der Waals surface area (Å²) < 4.78 is 49.2. The average Bonchev–Trinajstić information content (AvgIpc) is 3.26. The number of benzene rings is 3. The summed E-state index contributed by atoms with van der Waals surface area (Å²) in [6.07, 6.45) is -4.74. The van der Waals surface area contributed by atoms with Crippen LogP contribution < -0.4 is 10.1 Å². The molecule has 3 aromatic rings. The highest BCUT2D eigenvalue weighted by Crippen LogP contribution is 2.61. The first-order valence-electron chi connectivity index (χ1n) is 10.5. The molecule has 7 heteroatoms. The quantitative estimate of drug-likeness (QED) is 0.561. The van der Waals surface area contributed by atoms with E-state index in [0.29, 0.717) is 5.56 Å². The number of Topliss-reactive ketones (excluding diaryl/α,β-unsaturated/α-hetero) is 1. The van der Waals surface area contributed by atoms with E-state index in [2.05, 4.69) is 5.32 Å². The van der Waals surface area contributed by atoms with Crippen molar-refractivity contribution in [1.82, 2.24) is 5.32 Å². The normalized spacial score (nSPS) is 23.2. The van der Waals surface area contributed by atoms with Crippen LogP contribution >= 0.6 is 0 Å². The molecule has 0 radical (unpaired) electrons. The largest absolute Gasteiger partial charge is 0.497 e. The van der Waals surface area contributed by atoms with Crippen molar-refractivity contribution in [3.8, 4) is 5.75 Å². The highest BCUT2D eigenvalue weighted by Gasteiger charge is 2.66. The first-order chi connectivity index (χ1) is 15.7. The van der Waals surface area contributed by atoms with Gasteiger partial charge in [0.15, 0.2) is 5.78 Å². The Morgan fingerprint density at radius 1 is 1.00 bits per heavy atom. The molecule has 1 aliphatic carbocycles. The van der Waals surface area contributed by atoms with Crippen molar-refractivity contribution >= 4 is 11.7 Å². The summed E-state index contributed by atoms with van der Waals surface area (Å²) in [5, 5.41) is 2.80. The molecule has 0 saturated carbocycles. The van der Waals surface area contributed by atoms with Crippen molar-refractivity contribution in [1.29, 1.82) is 0 Å². The molecule has 1 aliphatic heterocycles. The number of aryl methyl sites for hydroxylation is 1. The summed E-state index contributed by atoms with van der Waals surface area (Å²) in [6, 6.07) is 17.4. The van der Waals surface area contributed by atoms with Crippen LogP contribution in [0.5, 0.6) is 5.75 Å². The third-order valence-corrected chi connectivity index (χ3v) is 6.70. The minimum absolute atomic E-state index is 0.0654. The molecule has 0 unspecified atom stereocenters. The van der Waals surface area contributed by atoms with Gasteiger partial charge < -0.3 is 10.1 Å². The van der Waals surface area contributed by atoms with Gasteiger partial charge in [0.1, 0.15) is 11.3 Å². The highest BCUT2D eigenvalue weighted by molar-refractivity contribution is 6.06. The van der Waals surface area contributed by atoms with Gasteiger partial charge in [-0.05, 0) is 41.8 Å². The topological polar surface area (TPSA) is 55.4 Å². The van der Waals surface area contributed by atoms with E-state index < -0.39 is 35.2 Å². The van der Waals surface area contributed by atoms with Gasteiger partial charge in [-0.15, -0.1) is 0 Å². The Balaban J connectivity index is 1.83. The molecule has 0 fully saturated rings. The van der Waals surface area contributed by atoms with Crippen LogP contribution in [0, 0.1) is 12.8 Å². The minimum Gasteiger partial charge on any atom is -0.497 e. The summed E-state index contributed by atoms with van der Waals surface area (Å²) in [5.41, 5.74) is 0.239. The van der Waals surface area contributed by atoms with Crippen LogP contribution in [0.15, 0.2) is 66.7 Å². The van der Waals surface area contributed by atoms with Crippen molar-refractivity contribution in [3.63, 3.8) is 0 Å². The van der Waals surface area contributed by atoms with Gasteiger partial charge in [0.2, 0.25) is 0 Å². The Hall–Kier alpha value is -3.61. The molecule has 1 heterocycles. The molecular formula is C26H20F3NO3. The van der Waals surface area contributed by atoms with Gasteiger partial charge in [0.25, 0.3) is 5.91 Å². The number of ether oxygens (including phenoxy) is 1. The lowest BCUT2D eigenvalue weighted by molar-refractivity contribution is -0.159. The Kier molecular flexibility index (Phi) is 4.64. The van der Waals surface area contributed by atoms with E-state index in [4.69, 9.17) is 4.74 Å². The molecule has 4 nitrogen and oxygen atoms in total. The molecule has 3 aromatic carbocycles. The molecule has 168 valence electrons. The smallest absolute Gasteiger partial charge is 0.396 e. The fourth-order valence-electron chi connectivity index (χ4n) is 5.29. The maximum Gasteiger partial charge on any atom is 0.396 e. The third-order valence-electron chi connectivity index (χ3n) is 6.70. The summed E-state index contributed by atoms with van der Waals surface area (Å²) in [5.74, 6) is -4.67. The van der Waals surface area contributed by atoms with Gasteiger partial charge in [0, 0.05) is 11.1 Å². The van der Waals surface area contributed by atoms with Crippen molar-refractivity contribution in [2.75, 3.05) is 7.11 Å². The molecule has 1 spiro atoms. The van der Waals surface area contributed by atoms with Crippen LogP contribution in [0.1, 0.15) is 48.9 Å². The number of nitrogens with one attached hydrogen (secondary N) is 1. The first-order valence-corrected chi connectivity index (χ1v) is 10.5. The number of fused-ring (bicyclic) bond motifs is 4. The van der Waals surface area contributed by atoms with Crippen molar-refractivity contribution in [2.45, 2.75) is 24.6 Å². The number of hydrogen-bond donors (Lipinski definition) is 1. The van der Waals surface area contributed by atoms with E-state index in [-0.39, 0.29) is 28.0 Å². The number of rotatable bonds is 3. The Morgan fingerprint density at radius 3 is 2.36 bits per heavy atom. The number of carbonyl (C=O) groups excluding carboxylic acids is 2. The molecule has 1 amide bonds. The van der Waals surface area contributed by atoms with Crippen LogP contribution in [-0.2, 0) is 5.54 Å². The van der Waals surface area contributed by atoms with Gasteiger partial charge in [-0.1, -0.05) is 54.1 Å². The van der Waals surface area contributed by atoms with Crippen molar-refractivity contribution in [2.24, 2.45) is 5.92 Å². The zero-order valence-electron chi connectivity index (χ0n) is 17.9. The molecule has 0 bridgehead atoms. The predicted octanol–water partition coefficient (Wildman–Crippen LogP) is 5.15. The second-order valence-electron chi connectivity index (χ2n) is 8.49. The second kappa shape index (κ2) is 7.20. The van der Waals surface area contributed by atoms with Crippen LogP contribution in [0.4, 0.5) is 13.2 Å². The number of carbonyl (C=O) groups is 2. The molecule has 33 heavy (non-hydrogen) atoms. The molecule has 2 aliphatic rings. The number of amides is 1. The maximum atomic E-state index is 14.7. The van der Waals surface area contributed by atoms with Crippen molar-refractivity contribution in [3.05, 3.63) is 100 Å². The number of alkyl halides is 3. The number of ketones is 1. The van der Waals surface area contributed by atoms with E-state index >= 15 is 0 Å². The molecule has 0 saturated heterocycles. The monoisotopic (exact) mass is 451 g/mol. The Bertz CT molecular complexity index is 1280. The van der Waals surface area contributed by atoms with Gasteiger partial charge in [-0.3, -0.25) is 9.59 Å². The first kappa shape index (κ1) is 21.2. The molecule has 5 rings (SSSR count). The zero-order valence-corrected chi connectivity index (χ0v) is 17.9. The van der Waals surface area contributed by atoms with Gasteiger partial charge >= 0.3 is 6.18 Å². The van der Waals surface area contributed by atoms with Gasteiger partial charge in [0.05, 0.1) is 18.9 Å². The van der Waals surface area contributed by atoms with Gasteiger partial charge in [-0.25, -0.2) is 0 Å². The molecule has 3 atom stereocenters. The lowest BCUT2D eigenvalue weighted by Crippen LogP contribution is -2.49. The molecule has 0 aromatic heterocycles. The number of methoxy groups -OCH3 is 1. The van der Waals surface area contributed by atoms with E-state index in [0.717, 1.165) is 5.56 Å². The van der Waals surface area contributed by atoms with Crippen LogP contribution in [0.25, 0.3) is 0 Å². The second-order valence-corrected chi connectivity index (χ2v) is 8.49. The Morgan fingerprint density at radius 2 is 1.70 bits per heavy atom. The van der Waals surface area contributed by atoms with E-state index in [1.165, 1.54) is 31.4 Å². The average molecular weight is 451 g/mol. The van der Waals surface area contributed by atoms with Crippen LogP contribution in [-0.4, -0.2) is 25.0 Å². The highest BCUT2D eigenvalue weighted by atomic mass is 19.4. The van der Waals surface area contributed by atoms with E-state index in [9.17, 15) is 22.8 Å². The fraction of sp³-hybridized carbons (Fsp3) is 0.231. The lowest BCUT2D eigenvalue weighted by Gasteiger charge is -2.35. The summed E-state index contributed by atoms with van der Waals surface area (Å²) >= 11 is 0. The fourth-order valence-corrected chi connectivity index (χ4v) is 5.29. The molecular weight excluding hydrogens is 431 g/mol. The summed E-state index contributed by atoms with van der Waals surface area (Å²) in [6.45, 7) is 1.83.